The number of benzene rings is 2. The predicted molar refractivity (Wildman–Crippen MR) is 78.5 cm³/mol. The van der Waals surface area contributed by atoms with Crippen LogP contribution in [-0.4, -0.2) is 19.0 Å². The summed E-state index contributed by atoms with van der Waals surface area (Å²) in [5.41, 5.74) is 7.15. The SMILES string of the molecule is NC(=O)c1ccc2cc(N3CCCCC3)ccc2c1. The van der Waals surface area contributed by atoms with Crippen molar-refractivity contribution < 1.29 is 4.79 Å². The lowest BCUT2D eigenvalue weighted by molar-refractivity contribution is 0.100. The fraction of sp³-hybridized carbons (Fsp3) is 0.312. The molecule has 2 aromatic rings. The first-order valence-corrected chi connectivity index (χ1v) is 6.82. The summed E-state index contributed by atoms with van der Waals surface area (Å²) >= 11 is 0. The number of carbonyl (C=O) groups is 1. The van der Waals surface area contributed by atoms with E-state index in [2.05, 4.69) is 23.1 Å². The zero-order valence-electron chi connectivity index (χ0n) is 10.9. The van der Waals surface area contributed by atoms with Gasteiger partial charge in [-0.15, -0.1) is 0 Å². The van der Waals surface area contributed by atoms with E-state index in [9.17, 15) is 4.79 Å². The van der Waals surface area contributed by atoms with E-state index in [4.69, 9.17) is 5.73 Å². The number of rotatable bonds is 2. The molecule has 0 aromatic heterocycles. The molecule has 2 N–H and O–H groups in total. The van der Waals surface area contributed by atoms with Crippen LogP contribution in [0.5, 0.6) is 0 Å². The van der Waals surface area contributed by atoms with Crippen LogP contribution in [0.25, 0.3) is 10.8 Å². The summed E-state index contributed by atoms with van der Waals surface area (Å²) in [6.07, 6.45) is 3.89. The highest BCUT2D eigenvalue weighted by Crippen LogP contribution is 2.25. The summed E-state index contributed by atoms with van der Waals surface area (Å²) in [7, 11) is 0. The Kier molecular flexibility index (Phi) is 3.11. The minimum absolute atomic E-state index is 0.373. The van der Waals surface area contributed by atoms with Crippen LogP contribution in [0.3, 0.4) is 0 Å². The summed E-state index contributed by atoms with van der Waals surface area (Å²) in [6, 6.07) is 12.0. The molecular formula is C16H18N2O. The molecule has 3 heteroatoms. The topological polar surface area (TPSA) is 46.3 Å². The van der Waals surface area contributed by atoms with Gasteiger partial charge in [0.05, 0.1) is 0 Å². The highest BCUT2D eigenvalue weighted by Gasteiger charge is 2.11. The molecule has 1 aliphatic rings. The fourth-order valence-electron chi connectivity index (χ4n) is 2.74. The molecule has 0 aliphatic carbocycles. The first kappa shape index (κ1) is 12.0. The average Bonchev–Trinajstić information content (AvgIpc) is 2.47. The van der Waals surface area contributed by atoms with Crippen molar-refractivity contribution in [2.75, 3.05) is 18.0 Å². The fourth-order valence-corrected chi connectivity index (χ4v) is 2.74. The molecule has 0 atom stereocenters. The first-order chi connectivity index (χ1) is 9.24. The molecule has 1 fully saturated rings. The molecule has 3 nitrogen and oxygen atoms in total. The lowest BCUT2D eigenvalue weighted by atomic mass is 10.0. The van der Waals surface area contributed by atoms with Gasteiger partial charge >= 0.3 is 0 Å². The number of nitrogens with two attached hydrogens (primary N) is 1. The number of fused-ring (bicyclic) bond motifs is 1. The zero-order chi connectivity index (χ0) is 13.2. The minimum Gasteiger partial charge on any atom is -0.372 e. The van der Waals surface area contributed by atoms with E-state index < -0.39 is 0 Å². The van der Waals surface area contributed by atoms with E-state index >= 15 is 0 Å². The van der Waals surface area contributed by atoms with Crippen LogP contribution in [0.2, 0.25) is 0 Å². The zero-order valence-corrected chi connectivity index (χ0v) is 10.9. The average molecular weight is 254 g/mol. The number of anilines is 1. The molecule has 3 rings (SSSR count). The van der Waals surface area contributed by atoms with Crippen molar-refractivity contribution in [2.45, 2.75) is 19.3 Å². The van der Waals surface area contributed by atoms with Gasteiger partial charge in [0.15, 0.2) is 0 Å². The van der Waals surface area contributed by atoms with E-state index in [0.29, 0.717) is 5.56 Å². The van der Waals surface area contributed by atoms with Crippen LogP contribution in [0.4, 0.5) is 5.69 Å². The lowest BCUT2D eigenvalue weighted by Crippen LogP contribution is -2.29. The molecule has 1 aliphatic heterocycles. The first-order valence-electron chi connectivity index (χ1n) is 6.82. The third kappa shape index (κ3) is 2.41. The predicted octanol–water partition coefficient (Wildman–Crippen LogP) is 2.93. The second-order valence-electron chi connectivity index (χ2n) is 5.16. The van der Waals surface area contributed by atoms with Gasteiger partial charge < -0.3 is 10.6 Å². The van der Waals surface area contributed by atoms with Crippen molar-refractivity contribution in [1.82, 2.24) is 0 Å². The molecule has 19 heavy (non-hydrogen) atoms. The number of carbonyl (C=O) groups excluding carboxylic acids is 1. The van der Waals surface area contributed by atoms with Crippen molar-refractivity contribution in [3.8, 4) is 0 Å². The molecule has 98 valence electrons. The van der Waals surface area contributed by atoms with Crippen molar-refractivity contribution in [1.29, 1.82) is 0 Å². The smallest absolute Gasteiger partial charge is 0.248 e. The minimum atomic E-state index is -0.373. The molecule has 0 radical (unpaired) electrons. The maximum atomic E-state index is 11.2. The summed E-state index contributed by atoms with van der Waals surface area (Å²) in [4.78, 5) is 13.6. The van der Waals surface area contributed by atoms with Crippen molar-refractivity contribution >= 4 is 22.4 Å². The summed E-state index contributed by atoms with van der Waals surface area (Å²) in [5.74, 6) is -0.373. The molecule has 1 heterocycles. The standard InChI is InChI=1S/C16H18N2O/c17-16(19)14-5-4-13-11-15(7-6-12(13)10-14)18-8-2-1-3-9-18/h4-7,10-11H,1-3,8-9H2,(H2,17,19). The Labute approximate surface area is 113 Å². The number of primary amides is 1. The largest absolute Gasteiger partial charge is 0.372 e. The van der Waals surface area contributed by atoms with Gasteiger partial charge in [0.1, 0.15) is 0 Å². The summed E-state index contributed by atoms with van der Waals surface area (Å²) in [5, 5.41) is 2.23. The molecular weight excluding hydrogens is 236 g/mol. The number of piperidine rings is 1. The Morgan fingerprint density at radius 3 is 2.37 bits per heavy atom. The van der Waals surface area contributed by atoms with Crippen LogP contribution in [0.15, 0.2) is 36.4 Å². The van der Waals surface area contributed by atoms with E-state index in [1.165, 1.54) is 24.9 Å². The Bertz CT molecular complexity index is 615. The maximum absolute atomic E-state index is 11.2. The molecule has 1 amide bonds. The Morgan fingerprint density at radius 2 is 1.63 bits per heavy atom. The van der Waals surface area contributed by atoms with E-state index in [1.807, 2.05) is 12.1 Å². The molecule has 0 spiro atoms. The normalized spacial score (nSPS) is 15.7. The van der Waals surface area contributed by atoms with E-state index in [1.54, 1.807) is 6.07 Å². The van der Waals surface area contributed by atoms with Gasteiger partial charge in [0.2, 0.25) is 5.91 Å². The number of hydrogen-bond acceptors (Lipinski definition) is 2. The van der Waals surface area contributed by atoms with E-state index in [0.717, 1.165) is 23.9 Å². The van der Waals surface area contributed by atoms with E-state index in [-0.39, 0.29) is 5.91 Å². The van der Waals surface area contributed by atoms with Crippen LogP contribution >= 0.6 is 0 Å². The van der Waals surface area contributed by atoms with Crippen molar-refractivity contribution in [3.63, 3.8) is 0 Å². The Hall–Kier alpha value is -2.03. The Balaban J connectivity index is 1.97. The molecule has 0 saturated carbocycles. The van der Waals surface area contributed by atoms with Gasteiger partial charge in [-0.3, -0.25) is 4.79 Å². The lowest BCUT2D eigenvalue weighted by Gasteiger charge is -2.29. The molecule has 2 aromatic carbocycles. The van der Waals surface area contributed by atoms with Gasteiger partial charge in [-0.25, -0.2) is 0 Å². The van der Waals surface area contributed by atoms with Crippen LogP contribution in [-0.2, 0) is 0 Å². The van der Waals surface area contributed by atoms with Crippen molar-refractivity contribution in [2.24, 2.45) is 5.73 Å². The third-order valence-electron chi connectivity index (χ3n) is 3.83. The third-order valence-corrected chi connectivity index (χ3v) is 3.83. The van der Waals surface area contributed by atoms with Crippen LogP contribution < -0.4 is 10.6 Å². The molecule has 1 saturated heterocycles. The quantitative estimate of drug-likeness (QED) is 0.895. The van der Waals surface area contributed by atoms with Gasteiger partial charge in [0.25, 0.3) is 0 Å². The van der Waals surface area contributed by atoms with Gasteiger partial charge in [-0.1, -0.05) is 12.1 Å². The highest BCUT2D eigenvalue weighted by atomic mass is 16.1. The monoisotopic (exact) mass is 254 g/mol. The number of nitrogens with zero attached hydrogens (tertiary/aromatic N) is 1. The molecule has 0 bridgehead atoms. The van der Waals surface area contributed by atoms with Gasteiger partial charge in [-0.2, -0.15) is 0 Å². The van der Waals surface area contributed by atoms with Crippen molar-refractivity contribution in [3.05, 3.63) is 42.0 Å². The second-order valence-corrected chi connectivity index (χ2v) is 5.16. The van der Waals surface area contributed by atoms with Gasteiger partial charge in [0, 0.05) is 24.3 Å². The summed E-state index contributed by atoms with van der Waals surface area (Å²) < 4.78 is 0. The van der Waals surface area contributed by atoms with Crippen LogP contribution in [0.1, 0.15) is 29.6 Å². The summed E-state index contributed by atoms with van der Waals surface area (Å²) in [6.45, 7) is 2.29. The second kappa shape index (κ2) is 4.92. The van der Waals surface area contributed by atoms with Gasteiger partial charge in [-0.05, 0) is 54.3 Å². The number of amides is 1. The Morgan fingerprint density at radius 1 is 0.947 bits per heavy atom. The van der Waals surface area contributed by atoms with Crippen LogP contribution in [0, 0.1) is 0 Å². The number of hydrogen-bond donors (Lipinski definition) is 1. The maximum Gasteiger partial charge on any atom is 0.248 e. The highest BCUT2D eigenvalue weighted by molar-refractivity contribution is 5.98. The molecule has 0 unspecified atom stereocenters.